The van der Waals surface area contributed by atoms with Crippen molar-refractivity contribution in [1.82, 2.24) is 9.97 Å². The van der Waals surface area contributed by atoms with E-state index in [0.29, 0.717) is 10.8 Å². The van der Waals surface area contributed by atoms with E-state index in [1.165, 1.54) is 0 Å². The molecule has 2 aromatic rings. The van der Waals surface area contributed by atoms with Crippen LogP contribution in [0.3, 0.4) is 0 Å². The van der Waals surface area contributed by atoms with Gasteiger partial charge < -0.3 is 5.32 Å². The van der Waals surface area contributed by atoms with Crippen molar-refractivity contribution < 1.29 is 0 Å². The van der Waals surface area contributed by atoms with Gasteiger partial charge in [0.2, 0.25) is 5.28 Å². The molecule has 2 rings (SSSR count). The maximum Gasteiger partial charge on any atom is 0.224 e. The molecule has 82 valence electrons. The van der Waals surface area contributed by atoms with Crippen LogP contribution >= 0.6 is 39.1 Å². The highest BCUT2D eigenvalue weighted by Gasteiger charge is 2.04. The Kier molecular flexibility index (Phi) is 3.63. The molecule has 0 aliphatic carbocycles. The second-order valence-electron chi connectivity index (χ2n) is 2.94. The monoisotopic (exact) mass is 317 g/mol. The fraction of sp³-hybridized carbons (Fsp3) is 0. The van der Waals surface area contributed by atoms with E-state index < -0.39 is 0 Å². The molecule has 0 saturated heterocycles. The minimum atomic E-state index is 0.197. The number of benzene rings is 1. The summed E-state index contributed by atoms with van der Waals surface area (Å²) in [4.78, 5) is 7.82. The van der Waals surface area contributed by atoms with E-state index in [2.05, 4.69) is 31.2 Å². The van der Waals surface area contributed by atoms with Gasteiger partial charge in [0.25, 0.3) is 0 Å². The van der Waals surface area contributed by atoms with Crippen LogP contribution in [0.5, 0.6) is 0 Å². The minimum absolute atomic E-state index is 0.197. The Hall–Kier alpha value is -0.840. The maximum absolute atomic E-state index is 5.97. The van der Waals surface area contributed by atoms with Gasteiger partial charge in [0, 0.05) is 6.20 Å². The first-order valence-corrected chi connectivity index (χ1v) is 5.91. The lowest BCUT2D eigenvalue weighted by Gasteiger charge is -2.08. The van der Waals surface area contributed by atoms with Crippen LogP contribution in [-0.2, 0) is 0 Å². The third-order valence-corrected chi connectivity index (χ3v) is 3.42. The average Bonchev–Trinajstić information content (AvgIpc) is 2.25. The molecule has 1 N–H and O–H groups in total. The van der Waals surface area contributed by atoms with Gasteiger partial charge in [-0.25, -0.2) is 9.97 Å². The van der Waals surface area contributed by atoms with Gasteiger partial charge in [-0.15, -0.1) is 0 Å². The molecular weight excluding hydrogens is 313 g/mol. The van der Waals surface area contributed by atoms with E-state index in [-0.39, 0.29) is 5.28 Å². The third-order valence-electron chi connectivity index (χ3n) is 1.84. The SMILES string of the molecule is Clc1nccc(Nc2cccc(Cl)c2Br)n1. The van der Waals surface area contributed by atoms with Crippen LogP contribution in [0, 0.1) is 0 Å². The van der Waals surface area contributed by atoms with E-state index in [0.717, 1.165) is 10.2 Å². The summed E-state index contributed by atoms with van der Waals surface area (Å²) in [5, 5.41) is 3.91. The smallest absolute Gasteiger partial charge is 0.224 e. The Morgan fingerprint density at radius 3 is 2.75 bits per heavy atom. The molecule has 0 aliphatic rings. The van der Waals surface area contributed by atoms with E-state index in [4.69, 9.17) is 23.2 Å². The molecule has 0 unspecified atom stereocenters. The Labute approximate surface area is 111 Å². The lowest BCUT2D eigenvalue weighted by molar-refractivity contribution is 1.17. The zero-order chi connectivity index (χ0) is 11.5. The van der Waals surface area contributed by atoms with Gasteiger partial charge in [0.05, 0.1) is 15.2 Å². The summed E-state index contributed by atoms with van der Waals surface area (Å²) in [6.45, 7) is 0. The van der Waals surface area contributed by atoms with Crippen LogP contribution < -0.4 is 5.32 Å². The summed E-state index contributed by atoms with van der Waals surface area (Å²) < 4.78 is 0.784. The Balaban J connectivity index is 2.31. The van der Waals surface area contributed by atoms with Gasteiger partial charge in [-0.1, -0.05) is 17.7 Å². The summed E-state index contributed by atoms with van der Waals surface area (Å²) in [6.07, 6.45) is 1.58. The Morgan fingerprint density at radius 2 is 2.00 bits per heavy atom. The quantitative estimate of drug-likeness (QED) is 0.839. The molecule has 1 aromatic carbocycles. The number of hydrogen-bond acceptors (Lipinski definition) is 3. The molecule has 1 aromatic heterocycles. The number of nitrogens with one attached hydrogen (secondary N) is 1. The predicted octanol–water partition coefficient (Wildman–Crippen LogP) is 4.29. The number of aromatic nitrogens is 2. The molecule has 0 amide bonds. The van der Waals surface area contributed by atoms with Crippen molar-refractivity contribution in [2.45, 2.75) is 0 Å². The van der Waals surface area contributed by atoms with Crippen LogP contribution in [0.2, 0.25) is 10.3 Å². The second-order valence-corrected chi connectivity index (χ2v) is 4.48. The molecule has 1 heterocycles. The average molecular weight is 319 g/mol. The van der Waals surface area contributed by atoms with Crippen molar-refractivity contribution >= 4 is 50.6 Å². The van der Waals surface area contributed by atoms with Crippen molar-refractivity contribution in [1.29, 1.82) is 0 Å². The van der Waals surface area contributed by atoms with E-state index in [9.17, 15) is 0 Å². The van der Waals surface area contributed by atoms with Gasteiger partial charge in [-0.2, -0.15) is 0 Å². The summed E-state index contributed by atoms with van der Waals surface area (Å²) in [5.74, 6) is 0.614. The number of halogens is 3. The van der Waals surface area contributed by atoms with Crippen LogP contribution in [-0.4, -0.2) is 9.97 Å². The highest BCUT2D eigenvalue weighted by atomic mass is 79.9. The lowest BCUT2D eigenvalue weighted by atomic mass is 10.3. The van der Waals surface area contributed by atoms with Gasteiger partial charge in [-0.3, -0.25) is 0 Å². The standard InChI is InChI=1S/C10H6BrCl2N3/c11-9-6(12)2-1-3-7(9)15-8-4-5-14-10(13)16-8/h1-5H,(H,14,15,16). The van der Waals surface area contributed by atoms with Crippen LogP contribution in [0.1, 0.15) is 0 Å². The predicted molar refractivity (Wildman–Crippen MR) is 69.5 cm³/mol. The van der Waals surface area contributed by atoms with Gasteiger partial charge >= 0.3 is 0 Å². The van der Waals surface area contributed by atoms with Gasteiger partial charge in [0.15, 0.2) is 0 Å². The van der Waals surface area contributed by atoms with Gasteiger partial charge in [-0.05, 0) is 45.7 Å². The maximum atomic E-state index is 5.97. The van der Waals surface area contributed by atoms with Crippen molar-refractivity contribution in [3.05, 3.63) is 45.2 Å². The minimum Gasteiger partial charge on any atom is -0.339 e. The summed E-state index contributed by atoms with van der Waals surface area (Å²) in [7, 11) is 0. The van der Waals surface area contributed by atoms with Crippen LogP contribution in [0.25, 0.3) is 0 Å². The second kappa shape index (κ2) is 4.99. The summed E-state index contributed by atoms with van der Waals surface area (Å²) in [6, 6.07) is 7.24. The number of nitrogens with zero attached hydrogens (tertiary/aromatic N) is 2. The highest BCUT2D eigenvalue weighted by Crippen LogP contribution is 2.31. The fourth-order valence-corrected chi connectivity index (χ4v) is 1.83. The third kappa shape index (κ3) is 2.64. The molecule has 3 nitrogen and oxygen atoms in total. The Morgan fingerprint density at radius 1 is 1.19 bits per heavy atom. The van der Waals surface area contributed by atoms with Crippen molar-refractivity contribution in [2.24, 2.45) is 0 Å². The normalized spacial score (nSPS) is 10.2. The zero-order valence-corrected chi connectivity index (χ0v) is 11.0. The number of rotatable bonds is 2. The molecular formula is C10H6BrCl2N3. The number of hydrogen-bond donors (Lipinski definition) is 1. The summed E-state index contributed by atoms with van der Waals surface area (Å²) >= 11 is 15.0. The lowest BCUT2D eigenvalue weighted by Crippen LogP contribution is -1.95. The van der Waals surface area contributed by atoms with Crippen LogP contribution in [0.15, 0.2) is 34.9 Å². The molecule has 6 heteroatoms. The first kappa shape index (κ1) is 11.6. The van der Waals surface area contributed by atoms with Crippen molar-refractivity contribution in [2.75, 3.05) is 5.32 Å². The molecule has 0 fully saturated rings. The molecule has 0 atom stereocenters. The van der Waals surface area contributed by atoms with E-state index in [1.54, 1.807) is 18.3 Å². The Bertz CT molecular complexity index is 519. The van der Waals surface area contributed by atoms with Crippen molar-refractivity contribution in [3.63, 3.8) is 0 Å². The molecule has 0 aliphatic heterocycles. The number of anilines is 2. The molecule has 0 radical (unpaired) electrons. The first-order valence-electron chi connectivity index (χ1n) is 4.36. The topological polar surface area (TPSA) is 37.8 Å². The molecule has 0 saturated carbocycles. The zero-order valence-electron chi connectivity index (χ0n) is 7.92. The van der Waals surface area contributed by atoms with Gasteiger partial charge in [0.1, 0.15) is 5.82 Å². The van der Waals surface area contributed by atoms with Crippen LogP contribution in [0.4, 0.5) is 11.5 Å². The molecule has 0 bridgehead atoms. The fourth-order valence-electron chi connectivity index (χ4n) is 1.14. The largest absolute Gasteiger partial charge is 0.339 e. The highest BCUT2D eigenvalue weighted by molar-refractivity contribution is 9.10. The van der Waals surface area contributed by atoms with E-state index in [1.807, 2.05) is 12.1 Å². The molecule has 16 heavy (non-hydrogen) atoms. The van der Waals surface area contributed by atoms with Crippen molar-refractivity contribution in [3.8, 4) is 0 Å². The first-order chi connectivity index (χ1) is 7.66. The van der Waals surface area contributed by atoms with E-state index >= 15 is 0 Å². The molecule has 0 spiro atoms. The summed E-state index contributed by atoms with van der Waals surface area (Å²) in [5.41, 5.74) is 0.822.